The molecule has 0 N–H and O–H groups in total. The van der Waals surface area contributed by atoms with Crippen LogP contribution in [0, 0.1) is 11.7 Å². The molecule has 3 atom stereocenters. The number of fused-ring (bicyclic) bond motifs is 2. The number of benzene rings is 1. The van der Waals surface area contributed by atoms with Crippen LogP contribution in [0.5, 0.6) is 0 Å². The molecule has 206 valence electrons. The molecule has 2 aliphatic carbocycles. The molecule has 0 amide bonds. The van der Waals surface area contributed by atoms with Crippen LogP contribution in [0.25, 0.3) is 11.3 Å². The molecule has 2 saturated carbocycles. The Morgan fingerprint density at radius 1 is 1.21 bits per heavy atom. The minimum Gasteiger partial charge on any atom is -0.456 e. The molecule has 3 aromatic rings. The molecule has 10 heteroatoms. The van der Waals surface area contributed by atoms with Gasteiger partial charge < -0.3 is 18.9 Å². The number of pyridine rings is 1. The minimum absolute atomic E-state index is 0.0202. The SMILES string of the molecule is CC(C)(C)OC(=O)c1cnc(N2C[C@@H]3C[C@H]2C[C@H]3OCc2c(-c3c(Cl)cccc3Cl)noc2C2CC2)c(F)c1. The Morgan fingerprint density at radius 3 is 2.56 bits per heavy atom. The summed E-state index contributed by atoms with van der Waals surface area (Å²) < 4.78 is 32.6. The van der Waals surface area contributed by atoms with Crippen molar-refractivity contribution in [3.05, 3.63) is 63.2 Å². The number of hydrogen-bond acceptors (Lipinski definition) is 7. The number of piperidine rings is 1. The largest absolute Gasteiger partial charge is 0.456 e. The second-order valence-electron chi connectivity index (χ2n) is 11.7. The molecule has 6 rings (SSSR count). The number of ether oxygens (including phenoxy) is 2. The summed E-state index contributed by atoms with van der Waals surface area (Å²) in [7, 11) is 0. The highest BCUT2D eigenvalue weighted by Gasteiger charge is 2.47. The van der Waals surface area contributed by atoms with Crippen LogP contribution in [0.4, 0.5) is 10.2 Å². The number of anilines is 1. The summed E-state index contributed by atoms with van der Waals surface area (Å²) in [6, 6.07) is 6.70. The third-order valence-corrected chi connectivity index (χ3v) is 8.24. The average Bonchev–Trinajstić information content (AvgIpc) is 3.32. The standard InChI is InChI=1S/C29H30Cl2FN3O4/c1-29(2,3)38-28(36)16-10-22(32)27(33-12-16)35-13-17-9-18(35)11-23(17)37-14-19-25(34-39-26(19)15-7-8-15)24-20(30)5-4-6-21(24)31/h4-6,10,12,15,17-18,23H,7-9,11,13-14H2,1-3H3/t17-,18-,23+/m0/s1. The summed E-state index contributed by atoms with van der Waals surface area (Å²) in [4.78, 5) is 18.6. The van der Waals surface area contributed by atoms with Gasteiger partial charge in [0.1, 0.15) is 17.1 Å². The van der Waals surface area contributed by atoms with Crippen LogP contribution < -0.4 is 4.90 Å². The first-order chi connectivity index (χ1) is 18.6. The van der Waals surface area contributed by atoms with E-state index >= 15 is 4.39 Å². The molecular weight excluding hydrogens is 544 g/mol. The zero-order chi connectivity index (χ0) is 27.5. The summed E-state index contributed by atoms with van der Waals surface area (Å²) in [5, 5.41) is 5.38. The zero-order valence-corrected chi connectivity index (χ0v) is 23.6. The van der Waals surface area contributed by atoms with E-state index in [-0.39, 0.29) is 29.4 Å². The van der Waals surface area contributed by atoms with E-state index in [0.717, 1.165) is 37.0 Å². The molecule has 1 saturated heterocycles. The van der Waals surface area contributed by atoms with E-state index in [1.54, 1.807) is 39.0 Å². The third kappa shape index (κ3) is 5.26. The lowest BCUT2D eigenvalue weighted by Gasteiger charge is -2.32. The molecule has 1 aromatic carbocycles. The fraction of sp³-hybridized carbons (Fsp3) is 0.483. The van der Waals surface area contributed by atoms with Crippen molar-refractivity contribution in [1.82, 2.24) is 10.1 Å². The van der Waals surface area contributed by atoms with E-state index in [9.17, 15) is 4.79 Å². The fourth-order valence-electron chi connectivity index (χ4n) is 5.70. The highest BCUT2D eigenvalue weighted by molar-refractivity contribution is 6.39. The number of esters is 1. The van der Waals surface area contributed by atoms with Crippen molar-refractivity contribution >= 4 is 35.0 Å². The lowest BCUT2D eigenvalue weighted by molar-refractivity contribution is 0.00685. The smallest absolute Gasteiger partial charge is 0.340 e. The van der Waals surface area contributed by atoms with E-state index in [4.69, 9.17) is 37.2 Å². The first-order valence-corrected chi connectivity index (χ1v) is 14.0. The Hall–Kier alpha value is -2.68. The van der Waals surface area contributed by atoms with Crippen LogP contribution in [0.15, 0.2) is 35.0 Å². The van der Waals surface area contributed by atoms with Gasteiger partial charge in [0.25, 0.3) is 0 Å². The van der Waals surface area contributed by atoms with Crippen molar-refractivity contribution < 1.29 is 23.2 Å². The molecule has 2 bridgehead atoms. The van der Waals surface area contributed by atoms with Crippen molar-refractivity contribution in [2.75, 3.05) is 11.4 Å². The van der Waals surface area contributed by atoms with Gasteiger partial charge in [-0.3, -0.25) is 0 Å². The van der Waals surface area contributed by atoms with Gasteiger partial charge in [-0.2, -0.15) is 0 Å². The summed E-state index contributed by atoms with van der Waals surface area (Å²) in [6.07, 6.45) is 5.18. The first kappa shape index (κ1) is 26.5. The average molecular weight is 574 g/mol. The molecule has 0 unspecified atom stereocenters. The number of carbonyl (C=O) groups excluding carboxylic acids is 1. The molecule has 3 fully saturated rings. The molecule has 0 radical (unpaired) electrons. The summed E-state index contributed by atoms with van der Waals surface area (Å²) in [5.41, 5.74) is 1.63. The highest BCUT2D eigenvalue weighted by Crippen LogP contribution is 2.47. The predicted octanol–water partition coefficient (Wildman–Crippen LogP) is 7.20. The Kier molecular flexibility index (Phi) is 6.84. The van der Waals surface area contributed by atoms with Crippen molar-refractivity contribution in [2.45, 2.75) is 76.7 Å². The number of carbonyl (C=O) groups is 1. The van der Waals surface area contributed by atoms with E-state index in [0.29, 0.717) is 40.4 Å². The van der Waals surface area contributed by atoms with E-state index in [2.05, 4.69) is 10.1 Å². The molecule has 3 aliphatic rings. The fourth-order valence-corrected chi connectivity index (χ4v) is 6.28. The van der Waals surface area contributed by atoms with Crippen molar-refractivity contribution in [3.8, 4) is 11.3 Å². The molecule has 0 spiro atoms. The van der Waals surface area contributed by atoms with E-state index < -0.39 is 17.4 Å². The summed E-state index contributed by atoms with van der Waals surface area (Å²) in [6.45, 7) is 6.28. The monoisotopic (exact) mass is 573 g/mol. The summed E-state index contributed by atoms with van der Waals surface area (Å²) in [5.74, 6) is 0.579. The van der Waals surface area contributed by atoms with Gasteiger partial charge in [0.15, 0.2) is 11.6 Å². The molecule has 7 nitrogen and oxygen atoms in total. The topological polar surface area (TPSA) is 77.7 Å². The van der Waals surface area contributed by atoms with E-state index in [1.807, 2.05) is 4.90 Å². The third-order valence-electron chi connectivity index (χ3n) is 7.61. The molecule has 2 aromatic heterocycles. The van der Waals surface area contributed by atoms with Gasteiger partial charge in [0, 0.05) is 41.7 Å². The van der Waals surface area contributed by atoms with Gasteiger partial charge in [-0.25, -0.2) is 14.2 Å². The van der Waals surface area contributed by atoms with Gasteiger partial charge in [-0.05, 0) is 64.7 Å². The van der Waals surface area contributed by atoms with Crippen molar-refractivity contribution in [1.29, 1.82) is 0 Å². The van der Waals surface area contributed by atoms with Crippen LogP contribution in [0.2, 0.25) is 10.0 Å². The maximum Gasteiger partial charge on any atom is 0.340 e. The van der Waals surface area contributed by atoms with Crippen LogP contribution in [0.3, 0.4) is 0 Å². The second-order valence-corrected chi connectivity index (χ2v) is 12.5. The van der Waals surface area contributed by atoms with Crippen LogP contribution in [-0.4, -0.2) is 40.4 Å². The predicted molar refractivity (Wildman–Crippen MR) is 146 cm³/mol. The lowest BCUT2D eigenvalue weighted by atomic mass is 10.0. The van der Waals surface area contributed by atoms with Gasteiger partial charge in [-0.15, -0.1) is 0 Å². The molecule has 39 heavy (non-hydrogen) atoms. The van der Waals surface area contributed by atoms with Crippen molar-refractivity contribution in [3.63, 3.8) is 0 Å². The first-order valence-electron chi connectivity index (χ1n) is 13.3. The zero-order valence-electron chi connectivity index (χ0n) is 22.0. The minimum atomic E-state index is -0.665. The lowest BCUT2D eigenvalue weighted by Crippen LogP contribution is -2.39. The maximum absolute atomic E-state index is 15.1. The van der Waals surface area contributed by atoms with Crippen LogP contribution in [-0.2, 0) is 16.1 Å². The van der Waals surface area contributed by atoms with E-state index in [1.165, 1.54) is 12.3 Å². The van der Waals surface area contributed by atoms with Crippen molar-refractivity contribution in [2.24, 2.45) is 5.92 Å². The quantitative estimate of drug-likeness (QED) is 0.276. The van der Waals surface area contributed by atoms with Crippen LogP contribution in [0.1, 0.15) is 74.1 Å². The Morgan fingerprint density at radius 2 is 1.95 bits per heavy atom. The normalized spacial score (nSPS) is 22.5. The maximum atomic E-state index is 15.1. The summed E-state index contributed by atoms with van der Waals surface area (Å²) >= 11 is 13.0. The van der Waals surface area contributed by atoms with Gasteiger partial charge in [0.05, 0.1) is 28.3 Å². The van der Waals surface area contributed by atoms with Crippen LogP contribution >= 0.6 is 23.2 Å². The van der Waals surface area contributed by atoms with Gasteiger partial charge in [0.2, 0.25) is 0 Å². The second kappa shape index (κ2) is 10.1. The van der Waals surface area contributed by atoms with Gasteiger partial charge in [-0.1, -0.05) is 34.4 Å². The Labute approximate surface area is 236 Å². The number of aromatic nitrogens is 2. The number of hydrogen-bond donors (Lipinski definition) is 0. The molecule has 3 heterocycles. The number of halogens is 3. The number of rotatable bonds is 7. The number of nitrogens with zero attached hydrogens (tertiary/aromatic N) is 3. The molecular formula is C29H30Cl2FN3O4. The van der Waals surface area contributed by atoms with Gasteiger partial charge >= 0.3 is 5.97 Å². The Balaban J connectivity index is 1.14. The Bertz CT molecular complexity index is 1400. The highest BCUT2D eigenvalue weighted by atomic mass is 35.5. The molecule has 1 aliphatic heterocycles.